The molecule has 0 fully saturated rings. The molecule has 0 heterocycles. The van der Waals surface area contributed by atoms with Crippen molar-refractivity contribution in [1.82, 2.24) is 0 Å². The number of allylic oxidation sites excluding steroid dienone is 1. The van der Waals surface area contributed by atoms with Crippen molar-refractivity contribution in [3.63, 3.8) is 0 Å². The third-order valence-corrected chi connectivity index (χ3v) is 7.35. The van der Waals surface area contributed by atoms with Crippen molar-refractivity contribution in [2.45, 2.75) is 51.9 Å². The van der Waals surface area contributed by atoms with E-state index in [1.54, 1.807) is 0 Å². The van der Waals surface area contributed by atoms with Crippen molar-refractivity contribution in [2.75, 3.05) is 5.43 Å². The molecule has 1 atom stereocenters. The normalized spacial score (nSPS) is 15.1. The van der Waals surface area contributed by atoms with Crippen LogP contribution in [0.3, 0.4) is 0 Å². The third kappa shape index (κ3) is 5.29. The van der Waals surface area contributed by atoms with Crippen LogP contribution in [0.2, 0.25) is 0 Å². The minimum Gasteiger partial charge on any atom is -0.278 e. The van der Waals surface area contributed by atoms with E-state index in [1.807, 2.05) is 0 Å². The molecule has 0 saturated heterocycles. The van der Waals surface area contributed by atoms with Gasteiger partial charge in [0.2, 0.25) is 0 Å². The van der Waals surface area contributed by atoms with Gasteiger partial charge in [-0.3, -0.25) is 5.43 Å². The molecule has 4 aromatic carbocycles. The Labute approximate surface area is 221 Å². The van der Waals surface area contributed by atoms with E-state index in [4.69, 9.17) is 5.10 Å². The van der Waals surface area contributed by atoms with Gasteiger partial charge >= 0.3 is 0 Å². The standard InChI is InChI=1S/C35H36N2/c1-24(2)29-20-13-21-30(25(3)4)35(29)37-36-34(27-16-9-6-10-17-27)23-33-31-19-12-11-18-28(31)22-32(33)26-14-7-5-8-15-26/h5-22,24-25,33,37H,23H2,1-4H3. The van der Waals surface area contributed by atoms with Gasteiger partial charge in [0.25, 0.3) is 0 Å². The second-order valence-electron chi connectivity index (χ2n) is 10.5. The Kier molecular flexibility index (Phi) is 7.37. The molecule has 0 aliphatic heterocycles. The largest absolute Gasteiger partial charge is 0.278 e. The zero-order valence-corrected chi connectivity index (χ0v) is 22.3. The van der Waals surface area contributed by atoms with Crippen LogP contribution in [-0.2, 0) is 0 Å². The summed E-state index contributed by atoms with van der Waals surface area (Å²) in [6.45, 7) is 9.00. The molecule has 37 heavy (non-hydrogen) atoms. The fraction of sp³-hybridized carbons (Fsp3) is 0.229. The molecule has 4 aromatic rings. The van der Waals surface area contributed by atoms with Crippen LogP contribution in [0.15, 0.2) is 108 Å². The van der Waals surface area contributed by atoms with E-state index >= 15 is 0 Å². The van der Waals surface area contributed by atoms with Crippen LogP contribution in [-0.4, -0.2) is 5.71 Å². The first-order valence-corrected chi connectivity index (χ1v) is 13.4. The minimum atomic E-state index is 0.240. The van der Waals surface area contributed by atoms with Gasteiger partial charge in [-0.25, -0.2) is 0 Å². The van der Waals surface area contributed by atoms with Crippen LogP contribution in [0.1, 0.15) is 85.3 Å². The first-order chi connectivity index (χ1) is 18.0. The van der Waals surface area contributed by atoms with Gasteiger partial charge in [-0.1, -0.05) is 137 Å². The highest BCUT2D eigenvalue weighted by atomic mass is 15.3. The highest BCUT2D eigenvalue weighted by molar-refractivity contribution is 6.04. The number of rotatable bonds is 8. The molecule has 1 aliphatic carbocycles. The first-order valence-electron chi connectivity index (χ1n) is 13.4. The van der Waals surface area contributed by atoms with Crippen molar-refractivity contribution < 1.29 is 0 Å². The summed E-state index contributed by atoms with van der Waals surface area (Å²) in [5.74, 6) is 1.06. The molecule has 0 radical (unpaired) electrons. The van der Waals surface area contributed by atoms with Gasteiger partial charge in [0.15, 0.2) is 0 Å². The smallest absolute Gasteiger partial charge is 0.0688 e. The van der Waals surface area contributed by atoms with Crippen molar-refractivity contribution >= 4 is 23.0 Å². The van der Waals surface area contributed by atoms with Crippen LogP contribution < -0.4 is 5.43 Å². The fourth-order valence-electron chi connectivity index (χ4n) is 5.39. The maximum Gasteiger partial charge on any atom is 0.0688 e. The quantitative estimate of drug-likeness (QED) is 0.195. The summed E-state index contributed by atoms with van der Waals surface area (Å²) in [5, 5.41) is 5.15. The molecule has 5 rings (SSSR count). The summed E-state index contributed by atoms with van der Waals surface area (Å²) in [7, 11) is 0. The van der Waals surface area contributed by atoms with Crippen molar-refractivity contribution in [2.24, 2.45) is 5.10 Å². The van der Waals surface area contributed by atoms with Gasteiger partial charge in [-0.15, -0.1) is 0 Å². The number of hydrazone groups is 1. The molecule has 0 bridgehead atoms. The monoisotopic (exact) mass is 484 g/mol. The Morgan fingerprint density at radius 1 is 0.703 bits per heavy atom. The highest BCUT2D eigenvalue weighted by Crippen LogP contribution is 2.44. The first kappa shape index (κ1) is 24.8. The topological polar surface area (TPSA) is 24.4 Å². The number of benzene rings is 4. The average Bonchev–Trinajstić information content (AvgIpc) is 3.30. The lowest BCUT2D eigenvalue weighted by atomic mass is 9.85. The predicted octanol–water partition coefficient (Wildman–Crippen LogP) is 9.48. The molecule has 0 saturated carbocycles. The van der Waals surface area contributed by atoms with Gasteiger partial charge in [-0.2, -0.15) is 5.10 Å². The van der Waals surface area contributed by atoms with Crippen LogP contribution in [0, 0.1) is 0 Å². The third-order valence-electron chi connectivity index (χ3n) is 7.35. The molecule has 1 N–H and O–H groups in total. The SMILES string of the molecule is CC(C)c1cccc(C(C)C)c1NN=C(CC1C(c2ccccc2)=Cc2ccccc21)c1ccccc1. The maximum absolute atomic E-state index is 5.15. The van der Waals surface area contributed by atoms with Crippen molar-refractivity contribution in [3.05, 3.63) is 137 Å². The van der Waals surface area contributed by atoms with Crippen molar-refractivity contribution in [1.29, 1.82) is 0 Å². The van der Waals surface area contributed by atoms with Gasteiger partial charge in [0, 0.05) is 12.3 Å². The molecule has 2 heteroatoms. The second kappa shape index (κ2) is 11.0. The number of nitrogens with one attached hydrogen (secondary N) is 1. The number of hydrogen-bond acceptors (Lipinski definition) is 2. The van der Waals surface area contributed by atoms with Crippen LogP contribution in [0.5, 0.6) is 0 Å². The lowest BCUT2D eigenvalue weighted by Gasteiger charge is -2.21. The molecule has 0 spiro atoms. The zero-order valence-electron chi connectivity index (χ0n) is 22.3. The van der Waals surface area contributed by atoms with Gasteiger partial charge in [0.05, 0.1) is 11.4 Å². The van der Waals surface area contributed by atoms with E-state index in [0.29, 0.717) is 11.8 Å². The van der Waals surface area contributed by atoms with Crippen LogP contribution >= 0.6 is 0 Å². The Morgan fingerprint density at radius 2 is 1.30 bits per heavy atom. The molecule has 2 nitrogen and oxygen atoms in total. The van der Waals surface area contributed by atoms with E-state index in [0.717, 1.165) is 23.4 Å². The fourth-order valence-corrected chi connectivity index (χ4v) is 5.39. The minimum absolute atomic E-state index is 0.240. The Balaban J connectivity index is 1.57. The van der Waals surface area contributed by atoms with E-state index in [1.165, 1.54) is 33.4 Å². The predicted molar refractivity (Wildman–Crippen MR) is 159 cm³/mol. The summed E-state index contributed by atoms with van der Waals surface area (Å²) in [4.78, 5) is 0. The van der Waals surface area contributed by atoms with Gasteiger partial charge in [-0.05, 0) is 50.8 Å². The number of hydrogen-bond donors (Lipinski definition) is 1. The molecule has 1 unspecified atom stereocenters. The number of nitrogens with zero attached hydrogens (tertiary/aromatic N) is 1. The number of fused-ring (bicyclic) bond motifs is 1. The zero-order chi connectivity index (χ0) is 25.8. The Hall–Kier alpha value is -3.91. The molecular formula is C35H36N2. The van der Waals surface area contributed by atoms with E-state index < -0.39 is 0 Å². The second-order valence-corrected chi connectivity index (χ2v) is 10.5. The number of para-hydroxylation sites is 1. The van der Waals surface area contributed by atoms with Crippen LogP contribution in [0.4, 0.5) is 5.69 Å². The Morgan fingerprint density at radius 3 is 1.95 bits per heavy atom. The molecule has 186 valence electrons. The summed E-state index contributed by atoms with van der Waals surface area (Å²) >= 11 is 0. The molecule has 0 amide bonds. The maximum atomic E-state index is 5.15. The number of anilines is 1. The summed E-state index contributed by atoms with van der Waals surface area (Å²) < 4.78 is 0. The highest BCUT2D eigenvalue weighted by Gasteiger charge is 2.28. The van der Waals surface area contributed by atoms with Crippen LogP contribution in [0.25, 0.3) is 11.6 Å². The van der Waals surface area contributed by atoms with E-state index in [-0.39, 0.29) is 5.92 Å². The van der Waals surface area contributed by atoms with Crippen molar-refractivity contribution in [3.8, 4) is 0 Å². The van der Waals surface area contributed by atoms with Gasteiger partial charge < -0.3 is 0 Å². The summed E-state index contributed by atoms with van der Waals surface area (Å²) in [6, 6.07) is 36.8. The molecule has 1 aliphatic rings. The summed E-state index contributed by atoms with van der Waals surface area (Å²) in [6.07, 6.45) is 3.17. The lowest BCUT2D eigenvalue weighted by Crippen LogP contribution is -2.12. The van der Waals surface area contributed by atoms with Gasteiger partial charge in [0.1, 0.15) is 0 Å². The van der Waals surface area contributed by atoms with E-state index in [2.05, 4.69) is 142 Å². The molecular weight excluding hydrogens is 448 g/mol. The average molecular weight is 485 g/mol. The molecule has 0 aromatic heterocycles. The van der Waals surface area contributed by atoms with E-state index in [9.17, 15) is 0 Å². The lowest BCUT2D eigenvalue weighted by molar-refractivity contribution is 0.834. The Bertz CT molecular complexity index is 1390. The summed E-state index contributed by atoms with van der Waals surface area (Å²) in [5.41, 5.74) is 14.8.